The van der Waals surface area contributed by atoms with E-state index in [0.29, 0.717) is 23.0 Å². The number of nitrogens with zero attached hydrogens (tertiary/aromatic N) is 2. The minimum Gasteiger partial charge on any atom is -0.491 e. The van der Waals surface area contributed by atoms with Crippen molar-refractivity contribution in [1.29, 1.82) is 0 Å². The lowest BCUT2D eigenvalue weighted by atomic mass is 10.1. The highest BCUT2D eigenvalue weighted by molar-refractivity contribution is 6.35. The molecule has 2 aromatic carbocycles. The van der Waals surface area contributed by atoms with Gasteiger partial charge in [0.2, 0.25) is 11.8 Å². The molecule has 0 saturated carbocycles. The number of barbiturate groups is 1. The molecule has 1 aliphatic heterocycles. The third-order valence-electron chi connectivity index (χ3n) is 5.13. The largest absolute Gasteiger partial charge is 0.491 e. The molecule has 0 radical (unpaired) electrons. The first kappa shape index (κ1) is 29.2. The summed E-state index contributed by atoms with van der Waals surface area (Å²) >= 11 is 0. The van der Waals surface area contributed by atoms with Gasteiger partial charge in [-0.25, -0.2) is 14.6 Å². The highest BCUT2D eigenvalue weighted by Gasteiger charge is 2.41. The molecule has 1 heterocycles. The van der Waals surface area contributed by atoms with Crippen LogP contribution in [0.2, 0.25) is 0 Å². The topological polar surface area (TPSA) is 113 Å². The molecule has 3 rings (SSSR count). The minimum absolute atomic E-state index is 0.00898. The molecular formula is C28H32N2O9. The lowest BCUT2D eigenvalue weighted by Gasteiger charge is -2.33. The number of carbonyl (C=O) groups is 3. The van der Waals surface area contributed by atoms with Crippen molar-refractivity contribution in [2.75, 3.05) is 49.8 Å². The maximum atomic E-state index is 13.5. The third-order valence-corrected chi connectivity index (χ3v) is 5.13. The zero-order chi connectivity index (χ0) is 28.2. The van der Waals surface area contributed by atoms with Crippen molar-refractivity contribution in [3.05, 3.63) is 73.2 Å². The number of allylic oxidation sites excluding steroid dienone is 2. The van der Waals surface area contributed by atoms with Crippen LogP contribution in [0.25, 0.3) is 0 Å². The Morgan fingerprint density at radius 1 is 0.769 bits per heavy atom. The Bertz CT molecular complexity index is 1180. The average Bonchev–Trinajstić information content (AvgIpc) is 2.89. The van der Waals surface area contributed by atoms with Crippen molar-refractivity contribution < 1.29 is 42.8 Å². The molecule has 0 unspecified atom stereocenters. The molecule has 208 valence electrons. The monoisotopic (exact) mass is 540 g/mol. The van der Waals surface area contributed by atoms with Crippen molar-refractivity contribution in [3.63, 3.8) is 0 Å². The first-order valence-corrected chi connectivity index (χ1v) is 12.1. The molecule has 4 amide bonds. The minimum atomic E-state index is -0.823. The van der Waals surface area contributed by atoms with E-state index in [0.717, 1.165) is 9.80 Å². The van der Waals surface area contributed by atoms with Crippen molar-refractivity contribution in [3.8, 4) is 11.5 Å². The summed E-state index contributed by atoms with van der Waals surface area (Å²) < 4.78 is 32.5. The molecule has 0 N–H and O–H groups in total. The molecule has 39 heavy (non-hydrogen) atoms. The number of hydrogen-bond donors (Lipinski definition) is 0. The number of amides is 4. The predicted molar refractivity (Wildman–Crippen MR) is 142 cm³/mol. The lowest BCUT2D eigenvalue weighted by Crippen LogP contribution is -2.55. The number of rotatable bonds is 16. The van der Waals surface area contributed by atoms with Gasteiger partial charge < -0.3 is 28.4 Å². The van der Waals surface area contributed by atoms with Gasteiger partial charge in [0, 0.05) is 6.07 Å². The molecule has 0 aliphatic carbocycles. The zero-order valence-electron chi connectivity index (χ0n) is 22.1. The van der Waals surface area contributed by atoms with E-state index in [1.807, 2.05) is 0 Å². The summed E-state index contributed by atoms with van der Waals surface area (Å²) in [6, 6.07) is 12.3. The first-order chi connectivity index (χ1) is 18.8. The van der Waals surface area contributed by atoms with E-state index in [1.165, 1.54) is 6.07 Å². The maximum Gasteiger partial charge on any atom is 0.342 e. The fraction of sp³-hybridized carbons (Fsp3) is 0.321. The second-order valence-electron chi connectivity index (χ2n) is 8.32. The van der Waals surface area contributed by atoms with Gasteiger partial charge in [0.25, 0.3) is 0 Å². The average molecular weight is 541 g/mol. The van der Waals surface area contributed by atoms with Gasteiger partial charge in [-0.15, -0.1) is 0 Å². The summed E-state index contributed by atoms with van der Waals surface area (Å²) in [5.74, 6) is 0.317. The normalized spacial score (nSPS) is 13.3. The van der Waals surface area contributed by atoms with Crippen LogP contribution >= 0.6 is 0 Å². The number of benzene rings is 2. The summed E-state index contributed by atoms with van der Waals surface area (Å²) in [6.45, 7) is 11.4. The SMILES string of the molecule is C=C(C)OCOCCOc1ccc(OCCOCOC(=C)C)c(N2C(=O)CC(=O)N(c3ccccc3)C2=O)c1. The van der Waals surface area contributed by atoms with Crippen LogP contribution in [0.1, 0.15) is 20.3 Å². The predicted octanol–water partition coefficient (Wildman–Crippen LogP) is 4.38. The van der Waals surface area contributed by atoms with Crippen molar-refractivity contribution in [2.45, 2.75) is 20.3 Å². The number of ether oxygens (including phenoxy) is 6. The first-order valence-electron chi connectivity index (χ1n) is 12.1. The highest BCUT2D eigenvalue weighted by Crippen LogP contribution is 2.36. The second-order valence-corrected chi connectivity index (χ2v) is 8.32. The van der Waals surface area contributed by atoms with Crippen LogP contribution in [-0.2, 0) is 28.5 Å². The van der Waals surface area contributed by atoms with Gasteiger partial charge in [0.15, 0.2) is 13.6 Å². The Morgan fingerprint density at radius 3 is 1.97 bits per heavy atom. The van der Waals surface area contributed by atoms with Gasteiger partial charge in [-0.1, -0.05) is 31.4 Å². The van der Waals surface area contributed by atoms with Crippen LogP contribution in [0, 0.1) is 0 Å². The molecule has 0 aromatic heterocycles. The quantitative estimate of drug-likeness (QED) is 0.132. The highest BCUT2D eigenvalue weighted by atomic mass is 16.7. The molecule has 11 nitrogen and oxygen atoms in total. The van der Waals surface area contributed by atoms with E-state index < -0.39 is 24.3 Å². The zero-order valence-corrected chi connectivity index (χ0v) is 22.1. The van der Waals surface area contributed by atoms with Gasteiger partial charge in [-0.2, -0.15) is 0 Å². The molecule has 0 spiro atoms. The smallest absolute Gasteiger partial charge is 0.342 e. The summed E-state index contributed by atoms with van der Waals surface area (Å²) in [5, 5.41) is 0. The van der Waals surface area contributed by atoms with Crippen LogP contribution in [-0.4, -0.2) is 57.9 Å². The number of anilines is 2. The number of urea groups is 1. The van der Waals surface area contributed by atoms with E-state index in [-0.39, 0.29) is 51.5 Å². The third kappa shape index (κ3) is 8.59. The summed E-state index contributed by atoms with van der Waals surface area (Å²) in [5.41, 5.74) is 0.473. The van der Waals surface area contributed by atoms with E-state index in [2.05, 4.69) is 13.2 Å². The number of carbonyl (C=O) groups excluding carboxylic acids is 3. The molecular weight excluding hydrogens is 508 g/mol. The van der Waals surface area contributed by atoms with Gasteiger partial charge in [0.05, 0.1) is 36.1 Å². The van der Waals surface area contributed by atoms with Crippen molar-refractivity contribution >= 4 is 29.2 Å². The fourth-order valence-corrected chi connectivity index (χ4v) is 3.38. The molecule has 2 aromatic rings. The van der Waals surface area contributed by atoms with Crippen LogP contribution in [0.4, 0.5) is 16.2 Å². The van der Waals surface area contributed by atoms with Crippen LogP contribution in [0.15, 0.2) is 73.2 Å². The molecule has 1 fully saturated rings. The van der Waals surface area contributed by atoms with Crippen LogP contribution in [0.5, 0.6) is 11.5 Å². The molecule has 1 aliphatic rings. The number of para-hydroxylation sites is 1. The van der Waals surface area contributed by atoms with Gasteiger partial charge >= 0.3 is 6.03 Å². The van der Waals surface area contributed by atoms with Gasteiger partial charge in [-0.3, -0.25) is 9.59 Å². The summed E-state index contributed by atoms with van der Waals surface area (Å²) in [7, 11) is 0. The maximum absolute atomic E-state index is 13.5. The Hall–Kier alpha value is -4.35. The Kier molecular flexibility index (Phi) is 10.9. The van der Waals surface area contributed by atoms with E-state index in [4.69, 9.17) is 28.4 Å². The van der Waals surface area contributed by atoms with Gasteiger partial charge in [0.1, 0.15) is 31.1 Å². The lowest BCUT2D eigenvalue weighted by molar-refractivity contribution is -0.126. The molecule has 11 heteroatoms. The van der Waals surface area contributed by atoms with E-state index >= 15 is 0 Å². The Balaban J connectivity index is 1.79. The Morgan fingerprint density at radius 2 is 1.36 bits per heavy atom. The molecule has 0 bridgehead atoms. The van der Waals surface area contributed by atoms with Crippen LogP contribution < -0.4 is 19.3 Å². The van der Waals surface area contributed by atoms with Crippen LogP contribution in [0.3, 0.4) is 0 Å². The number of imide groups is 2. The van der Waals surface area contributed by atoms with Gasteiger partial charge in [-0.05, 0) is 38.1 Å². The fourth-order valence-electron chi connectivity index (χ4n) is 3.38. The summed E-state index contributed by atoms with van der Waals surface area (Å²) in [4.78, 5) is 41.0. The standard InChI is InChI=1S/C28H32N2O9/c1-20(2)38-18-34-12-14-36-23-10-11-25(37-15-13-35-19-39-21(3)4)24(16-23)30-27(32)17-26(31)29(28(30)33)22-8-6-5-7-9-22/h5-11,16H,1,3,12-15,17-19H2,2,4H3. The van der Waals surface area contributed by atoms with Crippen molar-refractivity contribution in [1.82, 2.24) is 0 Å². The molecule has 0 atom stereocenters. The van der Waals surface area contributed by atoms with E-state index in [1.54, 1.807) is 56.3 Å². The van der Waals surface area contributed by atoms with E-state index in [9.17, 15) is 14.4 Å². The molecule has 1 saturated heterocycles. The number of hydrogen-bond acceptors (Lipinski definition) is 9. The summed E-state index contributed by atoms with van der Waals surface area (Å²) in [6.07, 6.45) is -0.497. The van der Waals surface area contributed by atoms with Crippen molar-refractivity contribution in [2.24, 2.45) is 0 Å². The Labute approximate surface area is 227 Å². The second kappa shape index (κ2) is 14.6.